The average molecular weight is 476 g/mol. The maximum absolute atomic E-state index is 12.9. The standard InChI is InChI=1S/C27H29N3O5/c1-6-27(5,25(33)35-26(2,3)4)16-29-24(32)22-23(31)19-13-12-18(14-20(19)21(15-28)30-22)34-17-10-8-7-9-11-17/h7-14,31H,6,16H2,1-5H3,(H,29,32). The number of amides is 1. The number of aromatic nitrogens is 1. The van der Waals surface area contributed by atoms with E-state index in [1.165, 1.54) is 0 Å². The number of carbonyl (C=O) groups is 2. The van der Waals surface area contributed by atoms with Gasteiger partial charge in [-0.05, 0) is 64.4 Å². The molecule has 8 nitrogen and oxygen atoms in total. The molecule has 1 heterocycles. The van der Waals surface area contributed by atoms with Crippen LogP contribution >= 0.6 is 0 Å². The fraction of sp³-hybridized carbons (Fsp3) is 0.333. The number of nitriles is 1. The van der Waals surface area contributed by atoms with Gasteiger partial charge in [-0.1, -0.05) is 25.1 Å². The minimum Gasteiger partial charge on any atom is -0.505 e. The first-order valence-corrected chi connectivity index (χ1v) is 11.3. The molecule has 1 aromatic heterocycles. The zero-order chi connectivity index (χ0) is 25.8. The molecule has 0 fully saturated rings. The Morgan fingerprint density at radius 3 is 2.34 bits per heavy atom. The lowest BCUT2D eigenvalue weighted by atomic mass is 9.87. The molecule has 2 aromatic carbocycles. The topological polar surface area (TPSA) is 122 Å². The molecule has 0 bridgehead atoms. The van der Waals surface area contributed by atoms with Crippen molar-refractivity contribution >= 4 is 22.6 Å². The van der Waals surface area contributed by atoms with Crippen LogP contribution in [-0.4, -0.2) is 34.1 Å². The smallest absolute Gasteiger partial charge is 0.314 e. The fourth-order valence-corrected chi connectivity index (χ4v) is 3.31. The number of para-hydroxylation sites is 1. The van der Waals surface area contributed by atoms with Gasteiger partial charge in [0, 0.05) is 17.3 Å². The molecule has 3 aromatic rings. The number of aromatic hydroxyl groups is 1. The first-order chi connectivity index (χ1) is 16.5. The van der Waals surface area contributed by atoms with E-state index < -0.39 is 22.9 Å². The van der Waals surface area contributed by atoms with Crippen LogP contribution in [0.15, 0.2) is 48.5 Å². The van der Waals surface area contributed by atoms with Crippen LogP contribution in [0.25, 0.3) is 10.8 Å². The minimum absolute atomic E-state index is 0.0257. The number of nitrogens with one attached hydrogen (secondary N) is 1. The molecule has 2 N–H and O–H groups in total. The van der Waals surface area contributed by atoms with Crippen LogP contribution in [0.2, 0.25) is 0 Å². The molecular weight excluding hydrogens is 446 g/mol. The van der Waals surface area contributed by atoms with Crippen molar-refractivity contribution in [2.24, 2.45) is 5.41 Å². The van der Waals surface area contributed by atoms with Gasteiger partial charge in [0.15, 0.2) is 11.4 Å². The van der Waals surface area contributed by atoms with Crippen LogP contribution in [-0.2, 0) is 9.53 Å². The third-order valence-corrected chi connectivity index (χ3v) is 5.56. The average Bonchev–Trinajstić information content (AvgIpc) is 2.82. The number of rotatable bonds is 7. The number of carbonyl (C=O) groups excluding carboxylic acids is 2. The molecule has 1 amide bonds. The van der Waals surface area contributed by atoms with E-state index in [1.807, 2.05) is 31.2 Å². The first-order valence-electron chi connectivity index (χ1n) is 11.3. The molecule has 0 aliphatic carbocycles. The van der Waals surface area contributed by atoms with Gasteiger partial charge >= 0.3 is 5.97 Å². The molecule has 0 aliphatic rings. The predicted octanol–water partition coefficient (Wildman–Crippen LogP) is 5.09. The lowest BCUT2D eigenvalue weighted by Gasteiger charge is -2.30. The Bertz CT molecular complexity index is 1290. The molecular formula is C27H29N3O5. The van der Waals surface area contributed by atoms with E-state index in [2.05, 4.69) is 10.3 Å². The zero-order valence-corrected chi connectivity index (χ0v) is 20.5. The number of ether oxygens (including phenoxy) is 2. The number of nitrogens with zero attached hydrogens (tertiary/aromatic N) is 2. The summed E-state index contributed by atoms with van der Waals surface area (Å²) >= 11 is 0. The summed E-state index contributed by atoms with van der Waals surface area (Å²) in [4.78, 5) is 29.7. The molecule has 0 saturated heterocycles. The molecule has 0 aliphatic heterocycles. The van der Waals surface area contributed by atoms with E-state index in [4.69, 9.17) is 9.47 Å². The Morgan fingerprint density at radius 2 is 1.74 bits per heavy atom. The predicted molar refractivity (Wildman–Crippen MR) is 131 cm³/mol. The van der Waals surface area contributed by atoms with Crippen molar-refractivity contribution in [3.05, 3.63) is 59.9 Å². The van der Waals surface area contributed by atoms with Gasteiger partial charge in [-0.3, -0.25) is 9.59 Å². The molecule has 0 radical (unpaired) electrons. The van der Waals surface area contributed by atoms with Crippen molar-refractivity contribution in [3.8, 4) is 23.3 Å². The van der Waals surface area contributed by atoms with Gasteiger partial charge < -0.3 is 19.9 Å². The van der Waals surface area contributed by atoms with Gasteiger partial charge in [-0.25, -0.2) is 4.98 Å². The van der Waals surface area contributed by atoms with E-state index in [0.29, 0.717) is 23.3 Å². The van der Waals surface area contributed by atoms with E-state index in [9.17, 15) is 20.0 Å². The van der Waals surface area contributed by atoms with Crippen LogP contribution in [0.5, 0.6) is 17.2 Å². The maximum atomic E-state index is 12.9. The van der Waals surface area contributed by atoms with Crippen LogP contribution in [0.1, 0.15) is 57.2 Å². The summed E-state index contributed by atoms with van der Waals surface area (Å²) in [5.41, 5.74) is -1.97. The monoisotopic (exact) mass is 475 g/mol. The summed E-state index contributed by atoms with van der Waals surface area (Å²) in [6.07, 6.45) is 0.424. The van der Waals surface area contributed by atoms with Crippen molar-refractivity contribution in [1.82, 2.24) is 10.3 Å². The highest BCUT2D eigenvalue weighted by atomic mass is 16.6. The highest BCUT2D eigenvalue weighted by molar-refractivity contribution is 6.03. The molecule has 35 heavy (non-hydrogen) atoms. The van der Waals surface area contributed by atoms with Gasteiger partial charge in [0.05, 0.1) is 5.41 Å². The van der Waals surface area contributed by atoms with Crippen LogP contribution in [0, 0.1) is 16.7 Å². The highest BCUT2D eigenvalue weighted by Crippen LogP contribution is 2.34. The van der Waals surface area contributed by atoms with Crippen molar-refractivity contribution in [3.63, 3.8) is 0 Å². The van der Waals surface area contributed by atoms with Gasteiger partial charge in [0.2, 0.25) is 0 Å². The molecule has 1 unspecified atom stereocenters. The van der Waals surface area contributed by atoms with Crippen molar-refractivity contribution in [2.45, 2.75) is 46.6 Å². The molecule has 8 heteroatoms. The fourth-order valence-electron chi connectivity index (χ4n) is 3.31. The van der Waals surface area contributed by atoms with E-state index in [0.717, 1.165) is 0 Å². The van der Waals surface area contributed by atoms with E-state index in [1.54, 1.807) is 58.0 Å². The Balaban J connectivity index is 1.88. The van der Waals surface area contributed by atoms with Crippen molar-refractivity contribution in [2.75, 3.05) is 6.54 Å². The number of hydrogen-bond acceptors (Lipinski definition) is 7. The summed E-state index contributed by atoms with van der Waals surface area (Å²) in [6.45, 7) is 8.82. The largest absolute Gasteiger partial charge is 0.505 e. The zero-order valence-electron chi connectivity index (χ0n) is 20.5. The molecule has 182 valence electrons. The van der Waals surface area contributed by atoms with Gasteiger partial charge in [-0.15, -0.1) is 0 Å². The third kappa shape index (κ3) is 5.87. The lowest BCUT2D eigenvalue weighted by Crippen LogP contribution is -2.44. The van der Waals surface area contributed by atoms with Crippen molar-refractivity contribution < 1.29 is 24.2 Å². The quantitative estimate of drug-likeness (QED) is 0.456. The van der Waals surface area contributed by atoms with Crippen molar-refractivity contribution in [1.29, 1.82) is 5.26 Å². The maximum Gasteiger partial charge on any atom is 0.314 e. The number of fused-ring (bicyclic) bond motifs is 1. The first kappa shape index (κ1) is 25.5. The summed E-state index contributed by atoms with van der Waals surface area (Å²) in [6, 6.07) is 15.9. The van der Waals surface area contributed by atoms with Gasteiger partial charge in [-0.2, -0.15) is 5.26 Å². The molecule has 0 saturated carbocycles. The van der Waals surface area contributed by atoms with E-state index in [-0.39, 0.29) is 29.1 Å². The Hall–Kier alpha value is -4.12. The normalized spacial score (nSPS) is 12.9. The minimum atomic E-state index is -0.975. The second kappa shape index (κ2) is 10.0. The number of hydrogen-bond donors (Lipinski definition) is 2. The highest BCUT2D eigenvalue weighted by Gasteiger charge is 2.36. The lowest BCUT2D eigenvalue weighted by molar-refractivity contribution is -0.166. The number of benzene rings is 2. The summed E-state index contributed by atoms with van der Waals surface area (Å²) in [7, 11) is 0. The molecule has 1 atom stereocenters. The van der Waals surface area contributed by atoms with Crippen LogP contribution < -0.4 is 10.1 Å². The number of esters is 1. The Labute approximate surface area is 204 Å². The molecule has 0 spiro atoms. The Morgan fingerprint density at radius 1 is 1.06 bits per heavy atom. The SMILES string of the molecule is CCC(C)(CNC(=O)c1nc(C#N)c2cc(Oc3ccccc3)ccc2c1O)C(=O)OC(C)(C)C. The Kier molecular flexibility index (Phi) is 7.30. The van der Waals surface area contributed by atoms with E-state index >= 15 is 0 Å². The second-order valence-corrected chi connectivity index (χ2v) is 9.49. The van der Waals surface area contributed by atoms with Crippen LogP contribution in [0.3, 0.4) is 0 Å². The second-order valence-electron chi connectivity index (χ2n) is 9.49. The summed E-state index contributed by atoms with van der Waals surface area (Å²) in [5.74, 6) is -0.434. The van der Waals surface area contributed by atoms with Crippen LogP contribution in [0.4, 0.5) is 0 Å². The third-order valence-electron chi connectivity index (χ3n) is 5.56. The summed E-state index contributed by atoms with van der Waals surface area (Å²) in [5, 5.41) is 23.8. The number of pyridine rings is 1. The van der Waals surface area contributed by atoms with Gasteiger partial charge in [0.25, 0.3) is 5.91 Å². The summed E-state index contributed by atoms with van der Waals surface area (Å²) < 4.78 is 11.3. The molecule has 3 rings (SSSR count). The van der Waals surface area contributed by atoms with Gasteiger partial charge in [0.1, 0.15) is 28.9 Å².